The van der Waals surface area contributed by atoms with E-state index in [4.69, 9.17) is 0 Å². The quantitative estimate of drug-likeness (QED) is 0.825. The molecule has 1 aromatic rings. The third-order valence-electron chi connectivity index (χ3n) is 2.91. The molecular formula is C13H19N3S. The van der Waals surface area contributed by atoms with Gasteiger partial charge >= 0.3 is 0 Å². The number of benzene rings is 1. The normalized spacial score (nSPS) is 14.9. The molecule has 1 aliphatic rings. The van der Waals surface area contributed by atoms with Crippen LogP contribution in [0, 0.1) is 0 Å². The van der Waals surface area contributed by atoms with Gasteiger partial charge in [-0.25, -0.2) is 0 Å². The number of guanidine groups is 1. The zero-order valence-electron chi connectivity index (χ0n) is 10.4. The molecule has 4 heteroatoms. The molecule has 0 aromatic heterocycles. The summed E-state index contributed by atoms with van der Waals surface area (Å²) in [6.45, 7) is 2.90. The smallest absolute Gasteiger partial charge is 0.193 e. The zero-order chi connectivity index (χ0) is 12.1. The summed E-state index contributed by atoms with van der Waals surface area (Å²) in [5.41, 5.74) is 1.37. The topological polar surface area (TPSA) is 27.6 Å². The van der Waals surface area contributed by atoms with Crippen LogP contribution in [0.5, 0.6) is 0 Å². The van der Waals surface area contributed by atoms with Crippen LogP contribution in [0.3, 0.4) is 0 Å². The van der Waals surface area contributed by atoms with Gasteiger partial charge in [0.1, 0.15) is 0 Å². The van der Waals surface area contributed by atoms with E-state index in [1.165, 1.54) is 10.5 Å². The fourth-order valence-electron chi connectivity index (χ4n) is 1.83. The molecule has 17 heavy (non-hydrogen) atoms. The summed E-state index contributed by atoms with van der Waals surface area (Å²) in [6, 6.07) is 8.76. The largest absolute Gasteiger partial charge is 0.356 e. The molecule has 1 aliphatic heterocycles. The van der Waals surface area contributed by atoms with E-state index in [1.54, 1.807) is 11.8 Å². The van der Waals surface area contributed by atoms with Crippen molar-refractivity contribution in [1.82, 2.24) is 10.2 Å². The minimum absolute atomic E-state index is 0.918. The lowest BCUT2D eigenvalue weighted by atomic mass is 10.1. The molecule has 3 nitrogen and oxygen atoms in total. The van der Waals surface area contributed by atoms with Crippen molar-refractivity contribution in [3.63, 3.8) is 0 Å². The molecule has 0 saturated heterocycles. The van der Waals surface area contributed by atoms with E-state index in [2.05, 4.69) is 52.8 Å². The van der Waals surface area contributed by atoms with Gasteiger partial charge < -0.3 is 10.2 Å². The van der Waals surface area contributed by atoms with Crippen LogP contribution in [0.4, 0.5) is 0 Å². The Bertz CT molecular complexity index is 386. The lowest BCUT2D eigenvalue weighted by Gasteiger charge is -2.15. The van der Waals surface area contributed by atoms with Crippen LogP contribution in [0.25, 0.3) is 0 Å². The molecule has 1 aromatic carbocycles. The van der Waals surface area contributed by atoms with Crippen molar-refractivity contribution in [2.45, 2.75) is 11.3 Å². The highest BCUT2D eigenvalue weighted by atomic mass is 32.2. The molecule has 92 valence electrons. The van der Waals surface area contributed by atoms with Crippen LogP contribution in [0.1, 0.15) is 5.56 Å². The second-order valence-electron chi connectivity index (χ2n) is 4.15. The zero-order valence-corrected chi connectivity index (χ0v) is 11.3. The average Bonchev–Trinajstić information content (AvgIpc) is 2.76. The minimum atomic E-state index is 0.918. The highest BCUT2D eigenvalue weighted by molar-refractivity contribution is 7.98. The van der Waals surface area contributed by atoms with Gasteiger partial charge in [-0.15, -0.1) is 11.8 Å². The van der Waals surface area contributed by atoms with Gasteiger partial charge in [0, 0.05) is 25.0 Å². The predicted molar refractivity (Wildman–Crippen MR) is 74.9 cm³/mol. The number of nitrogens with one attached hydrogen (secondary N) is 1. The first kappa shape index (κ1) is 12.3. The average molecular weight is 249 g/mol. The molecule has 0 bridgehead atoms. The number of hydrogen-bond donors (Lipinski definition) is 1. The fraction of sp³-hybridized carbons (Fsp3) is 0.462. The molecule has 0 unspecified atom stereocenters. The Morgan fingerprint density at radius 1 is 1.35 bits per heavy atom. The van der Waals surface area contributed by atoms with E-state index < -0.39 is 0 Å². The number of nitrogens with zero attached hydrogens (tertiary/aromatic N) is 2. The second-order valence-corrected chi connectivity index (χ2v) is 5.03. The number of thioether (sulfide) groups is 1. The van der Waals surface area contributed by atoms with Crippen LogP contribution in [-0.2, 0) is 6.42 Å². The van der Waals surface area contributed by atoms with E-state index in [1.807, 2.05) is 0 Å². The van der Waals surface area contributed by atoms with Gasteiger partial charge in [0.25, 0.3) is 0 Å². The van der Waals surface area contributed by atoms with Crippen molar-refractivity contribution in [3.05, 3.63) is 29.8 Å². The number of rotatable bonds is 4. The third kappa shape index (κ3) is 3.40. The van der Waals surface area contributed by atoms with Gasteiger partial charge in [-0.05, 0) is 30.4 Å². The minimum Gasteiger partial charge on any atom is -0.356 e. The molecule has 1 heterocycles. The summed E-state index contributed by atoms with van der Waals surface area (Å²) in [7, 11) is 2.08. The van der Waals surface area contributed by atoms with Crippen LogP contribution >= 0.6 is 11.8 Å². The van der Waals surface area contributed by atoms with Crippen molar-refractivity contribution >= 4 is 17.7 Å². The summed E-state index contributed by atoms with van der Waals surface area (Å²) in [5, 5.41) is 3.38. The number of aliphatic imine (C=N–C) groups is 1. The number of hydrogen-bond acceptors (Lipinski definition) is 4. The van der Waals surface area contributed by atoms with Crippen molar-refractivity contribution < 1.29 is 0 Å². The van der Waals surface area contributed by atoms with E-state index in [0.29, 0.717) is 0 Å². The molecular weight excluding hydrogens is 230 g/mol. The molecule has 0 aliphatic carbocycles. The number of likely N-dealkylation sites (N-methyl/N-ethyl adjacent to an activating group) is 1. The SMILES string of the molecule is CSc1ccc(CCNC2=NCCN2C)cc1. The van der Waals surface area contributed by atoms with Gasteiger partial charge in [0.05, 0.1) is 6.54 Å². The maximum absolute atomic E-state index is 4.40. The van der Waals surface area contributed by atoms with Gasteiger partial charge in [0.2, 0.25) is 0 Å². The van der Waals surface area contributed by atoms with Crippen molar-refractivity contribution in [3.8, 4) is 0 Å². The van der Waals surface area contributed by atoms with Gasteiger partial charge in [0.15, 0.2) is 5.96 Å². The molecule has 0 spiro atoms. The van der Waals surface area contributed by atoms with E-state index in [0.717, 1.165) is 32.0 Å². The van der Waals surface area contributed by atoms with Crippen molar-refractivity contribution in [2.75, 3.05) is 32.9 Å². The van der Waals surface area contributed by atoms with Crippen LogP contribution in [-0.4, -0.2) is 43.8 Å². The van der Waals surface area contributed by atoms with Crippen LogP contribution in [0.15, 0.2) is 34.2 Å². The molecule has 2 rings (SSSR count). The molecule has 0 fully saturated rings. The molecule has 0 radical (unpaired) electrons. The van der Waals surface area contributed by atoms with Gasteiger partial charge in [-0.1, -0.05) is 12.1 Å². The first-order valence-electron chi connectivity index (χ1n) is 5.92. The Morgan fingerprint density at radius 3 is 2.71 bits per heavy atom. The maximum Gasteiger partial charge on any atom is 0.193 e. The lowest BCUT2D eigenvalue weighted by molar-refractivity contribution is 0.534. The summed E-state index contributed by atoms with van der Waals surface area (Å²) in [4.78, 5) is 7.89. The van der Waals surface area contributed by atoms with Gasteiger partial charge in [-0.2, -0.15) is 0 Å². The monoisotopic (exact) mass is 249 g/mol. The van der Waals surface area contributed by atoms with Crippen molar-refractivity contribution in [1.29, 1.82) is 0 Å². The Hall–Kier alpha value is -1.16. The highest BCUT2D eigenvalue weighted by Gasteiger charge is 2.10. The first-order chi connectivity index (χ1) is 8.29. The van der Waals surface area contributed by atoms with E-state index in [-0.39, 0.29) is 0 Å². The Morgan fingerprint density at radius 2 is 2.12 bits per heavy atom. The third-order valence-corrected chi connectivity index (χ3v) is 3.66. The Labute approximate surface area is 107 Å². The lowest BCUT2D eigenvalue weighted by Crippen LogP contribution is -2.36. The first-order valence-corrected chi connectivity index (χ1v) is 7.14. The van der Waals surface area contributed by atoms with Crippen molar-refractivity contribution in [2.24, 2.45) is 4.99 Å². The second kappa shape index (κ2) is 5.96. The van der Waals surface area contributed by atoms with E-state index in [9.17, 15) is 0 Å². The maximum atomic E-state index is 4.40. The predicted octanol–water partition coefficient (Wildman–Crippen LogP) is 1.84. The summed E-state index contributed by atoms with van der Waals surface area (Å²) >= 11 is 1.78. The standard InChI is InChI=1S/C13H19N3S/c1-16-10-9-15-13(16)14-8-7-11-3-5-12(17-2)6-4-11/h3-6H,7-10H2,1-2H3,(H,14,15). The molecule has 0 amide bonds. The van der Waals surface area contributed by atoms with Gasteiger partial charge in [-0.3, -0.25) is 4.99 Å². The van der Waals surface area contributed by atoms with Crippen LogP contribution < -0.4 is 5.32 Å². The summed E-state index contributed by atoms with van der Waals surface area (Å²) < 4.78 is 0. The molecule has 1 N–H and O–H groups in total. The summed E-state index contributed by atoms with van der Waals surface area (Å²) in [6.07, 6.45) is 3.14. The Balaban J connectivity index is 1.77. The highest BCUT2D eigenvalue weighted by Crippen LogP contribution is 2.14. The van der Waals surface area contributed by atoms with Crippen LogP contribution in [0.2, 0.25) is 0 Å². The fourth-order valence-corrected chi connectivity index (χ4v) is 2.24. The summed E-state index contributed by atoms with van der Waals surface area (Å²) in [5.74, 6) is 1.03. The van der Waals surface area contributed by atoms with E-state index >= 15 is 0 Å². The molecule has 0 saturated carbocycles. The molecule has 0 atom stereocenters. The Kier molecular flexibility index (Phi) is 4.31.